The van der Waals surface area contributed by atoms with E-state index in [-0.39, 0.29) is 12.0 Å². The number of nitrogens with one attached hydrogen (secondary N) is 1. The number of aromatic nitrogens is 1. The summed E-state index contributed by atoms with van der Waals surface area (Å²) in [6, 6.07) is 17.4. The average molecular weight is 348 g/mol. The Morgan fingerprint density at radius 3 is 2.62 bits per heavy atom. The van der Waals surface area contributed by atoms with Crippen LogP contribution in [-0.4, -0.2) is 23.5 Å². The van der Waals surface area contributed by atoms with E-state index in [0.29, 0.717) is 12.1 Å². The van der Waals surface area contributed by atoms with E-state index < -0.39 is 0 Å². The van der Waals surface area contributed by atoms with Gasteiger partial charge in [0.25, 0.3) is 5.91 Å². The van der Waals surface area contributed by atoms with E-state index in [1.807, 2.05) is 75.4 Å². The van der Waals surface area contributed by atoms with E-state index in [9.17, 15) is 4.79 Å². The summed E-state index contributed by atoms with van der Waals surface area (Å²) in [4.78, 5) is 17.5. The van der Waals surface area contributed by atoms with Crippen LogP contribution in [0, 0.1) is 0 Å². The summed E-state index contributed by atoms with van der Waals surface area (Å²) in [5, 5.41) is 3.82. The first-order valence-electron chi connectivity index (χ1n) is 9.04. The number of rotatable bonds is 6. The Balaban J connectivity index is 2.15. The zero-order valence-corrected chi connectivity index (χ0v) is 15.5. The van der Waals surface area contributed by atoms with E-state index in [1.165, 1.54) is 0 Å². The molecule has 0 bridgehead atoms. The lowest BCUT2D eigenvalue weighted by atomic mass is 10.0. The minimum absolute atomic E-state index is 0.0592. The highest BCUT2D eigenvalue weighted by molar-refractivity contribution is 6.07. The van der Waals surface area contributed by atoms with Crippen LogP contribution in [0.5, 0.6) is 5.75 Å². The van der Waals surface area contributed by atoms with Crippen molar-refractivity contribution in [2.24, 2.45) is 0 Å². The van der Waals surface area contributed by atoms with Crippen molar-refractivity contribution in [2.45, 2.75) is 33.3 Å². The van der Waals surface area contributed by atoms with Crippen LogP contribution in [-0.2, 0) is 0 Å². The van der Waals surface area contributed by atoms with Gasteiger partial charge in [-0.2, -0.15) is 0 Å². The van der Waals surface area contributed by atoms with Crippen LogP contribution in [0.2, 0.25) is 0 Å². The van der Waals surface area contributed by atoms with Crippen LogP contribution in [0.4, 0.5) is 0 Å². The van der Waals surface area contributed by atoms with Gasteiger partial charge >= 0.3 is 0 Å². The molecule has 0 fully saturated rings. The molecule has 0 atom stereocenters. The molecule has 0 aliphatic heterocycles. The molecule has 1 N–H and O–H groups in total. The number of amides is 1. The summed E-state index contributed by atoms with van der Waals surface area (Å²) < 4.78 is 5.94. The summed E-state index contributed by atoms with van der Waals surface area (Å²) in [5.74, 6) is 0.694. The van der Waals surface area contributed by atoms with E-state index in [0.717, 1.165) is 34.3 Å². The van der Waals surface area contributed by atoms with Gasteiger partial charge in [-0.1, -0.05) is 37.3 Å². The highest BCUT2D eigenvalue weighted by Crippen LogP contribution is 2.32. The lowest BCUT2D eigenvalue weighted by Gasteiger charge is -2.15. The fourth-order valence-electron chi connectivity index (χ4n) is 2.87. The van der Waals surface area contributed by atoms with Crippen LogP contribution in [0.3, 0.4) is 0 Å². The number of ether oxygens (including phenoxy) is 1. The number of hydrogen-bond donors (Lipinski definition) is 1. The van der Waals surface area contributed by atoms with Crippen molar-refractivity contribution in [3.8, 4) is 17.0 Å². The molecular weight excluding hydrogens is 324 g/mol. The maximum atomic E-state index is 12.7. The standard InChI is InChI=1S/C22H24N2O2/c1-4-13-23-22(25)18-14-20(24-19-11-7-5-9-16(18)19)17-10-6-8-12-21(17)26-15(2)3/h5-12,14-15H,4,13H2,1-3H3,(H,23,25). The molecule has 1 heterocycles. The third-order valence-electron chi connectivity index (χ3n) is 4.02. The number of carbonyl (C=O) groups excluding carboxylic acids is 1. The average Bonchev–Trinajstić information content (AvgIpc) is 2.65. The van der Waals surface area contributed by atoms with Crippen LogP contribution < -0.4 is 10.1 Å². The van der Waals surface area contributed by atoms with Crippen molar-refractivity contribution < 1.29 is 9.53 Å². The number of para-hydroxylation sites is 2. The summed E-state index contributed by atoms with van der Waals surface area (Å²) in [6.45, 7) is 6.68. The summed E-state index contributed by atoms with van der Waals surface area (Å²) >= 11 is 0. The molecule has 1 amide bonds. The quantitative estimate of drug-likeness (QED) is 0.694. The first-order valence-corrected chi connectivity index (χ1v) is 9.04. The molecule has 0 aliphatic rings. The number of nitrogens with zero attached hydrogens (tertiary/aromatic N) is 1. The van der Waals surface area contributed by atoms with Gasteiger partial charge in [0.2, 0.25) is 0 Å². The Kier molecular flexibility index (Phi) is 5.52. The van der Waals surface area contributed by atoms with Gasteiger partial charge in [-0.3, -0.25) is 4.79 Å². The van der Waals surface area contributed by atoms with Gasteiger partial charge in [-0.15, -0.1) is 0 Å². The van der Waals surface area contributed by atoms with Crippen LogP contribution >= 0.6 is 0 Å². The Bertz CT molecular complexity index is 919. The lowest BCUT2D eigenvalue weighted by Crippen LogP contribution is -2.24. The Labute approximate surface area is 154 Å². The predicted octanol–water partition coefficient (Wildman–Crippen LogP) is 4.83. The summed E-state index contributed by atoms with van der Waals surface area (Å²) in [5.41, 5.74) is 3.06. The SMILES string of the molecule is CCCNC(=O)c1cc(-c2ccccc2OC(C)C)nc2ccccc12. The Hall–Kier alpha value is -2.88. The van der Waals surface area contributed by atoms with Gasteiger partial charge in [0.15, 0.2) is 0 Å². The molecule has 3 aromatic rings. The normalized spacial score (nSPS) is 10.9. The second-order valence-corrected chi connectivity index (χ2v) is 6.49. The minimum atomic E-state index is -0.0750. The molecule has 0 radical (unpaired) electrons. The van der Waals surface area contributed by atoms with E-state index in [2.05, 4.69) is 5.32 Å². The van der Waals surface area contributed by atoms with Gasteiger partial charge in [0.1, 0.15) is 5.75 Å². The molecule has 0 saturated heterocycles. The number of carbonyl (C=O) groups is 1. The highest BCUT2D eigenvalue weighted by atomic mass is 16.5. The molecule has 0 saturated carbocycles. The van der Waals surface area contributed by atoms with Gasteiger partial charge < -0.3 is 10.1 Å². The van der Waals surface area contributed by atoms with Gasteiger partial charge in [0, 0.05) is 17.5 Å². The van der Waals surface area contributed by atoms with Crippen molar-refractivity contribution in [3.63, 3.8) is 0 Å². The Morgan fingerprint density at radius 2 is 1.85 bits per heavy atom. The van der Waals surface area contributed by atoms with Crippen molar-refractivity contribution in [3.05, 3.63) is 60.2 Å². The molecule has 1 aromatic heterocycles. The van der Waals surface area contributed by atoms with Crippen LogP contribution in [0.25, 0.3) is 22.2 Å². The fourth-order valence-corrected chi connectivity index (χ4v) is 2.87. The maximum absolute atomic E-state index is 12.7. The molecule has 134 valence electrons. The van der Waals surface area contributed by atoms with Gasteiger partial charge in [0.05, 0.1) is 22.9 Å². The minimum Gasteiger partial charge on any atom is -0.490 e. The second-order valence-electron chi connectivity index (χ2n) is 6.49. The molecule has 0 unspecified atom stereocenters. The second kappa shape index (κ2) is 8.00. The predicted molar refractivity (Wildman–Crippen MR) is 106 cm³/mol. The molecule has 4 heteroatoms. The largest absolute Gasteiger partial charge is 0.490 e. The molecule has 4 nitrogen and oxygen atoms in total. The number of benzene rings is 2. The third kappa shape index (κ3) is 3.85. The van der Waals surface area contributed by atoms with Gasteiger partial charge in [-0.05, 0) is 44.5 Å². The summed E-state index contributed by atoms with van der Waals surface area (Å²) in [6.07, 6.45) is 0.955. The lowest BCUT2D eigenvalue weighted by molar-refractivity contribution is 0.0955. The monoisotopic (exact) mass is 348 g/mol. The summed E-state index contributed by atoms with van der Waals surface area (Å²) in [7, 11) is 0. The smallest absolute Gasteiger partial charge is 0.252 e. The first kappa shape index (κ1) is 17.9. The number of hydrogen-bond acceptors (Lipinski definition) is 3. The third-order valence-corrected chi connectivity index (χ3v) is 4.02. The number of pyridine rings is 1. The van der Waals surface area contributed by atoms with Crippen LogP contribution in [0.1, 0.15) is 37.6 Å². The van der Waals surface area contributed by atoms with Crippen molar-refractivity contribution in [1.82, 2.24) is 10.3 Å². The first-order chi connectivity index (χ1) is 12.6. The maximum Gasteiger partial charge on any atom is 0.252 e. The molecule has 26 heavy (non-hydrogen) atoms. The zero-order valence-electron chi connectivity index (χ0n) is 15.5. The van der Waals surface area contributed by atoms with E-state index in [1.54, 1.807) is 0 Å². The fraction of sp³-hybridized carbons (Fsp3) is 0.273. The van der Waals surface area contributed by atoms with Gasteiger partial charge in [-0.25, -0.2) is 4.98 Å². The Morgan fingerprint density at radius 1 is 1.12 bits per heavy atom. The van der Waals surface area contributed by atoms with Crippen molar-refractivity contribution in [2.75, 3.05) is 6.54 Å². The van der Waals surface area contributed by atoms with Crippen molar-refractivity contribution >= 4 is 16.8 Å². The van der Waals surface area contributed by atoms with E-state index >= 15 is 0 Å². The number of fused-ring (bicyclic) bond motifs is 1. The highest BCUT2D eigenvalue weighted by Gasteiger charge is 2.16. The van der Waals surface area contributed by atoms with Crippen molar-refractivity contribution in [1.29, 1.82) is 0 Å². The molecule has 2 aromatic carbocycles. The van der Waals surface area contributed by atoms with E-state index in [4.69, 9.17) is 9.72 Å². The molecular formula is C22H24N2O2. The zero-order chi connectivity index (χ0) is 18.5. The van der Waals surface area contributed by atoms with Crippen LogP contribution in [0.15, 0.2) is 54.6 Å². The molecule has 0 spiro atoms. The topological polar surface area (TPSA) is 51.2 Å². The molecule has 3 rings (SSSR count). The molecule has 0 aliphatic carbocycles.